The number of ether oxygens (including phenoxy) is 2. The van der Waals surface area contributed by atoms with Gasteiger partial charge in [0.15, 0.2) is 5.13 Å². The highest BCUT2D eigenvalue weighted by Crippen LogP contribution is 2.42. The van der Waals surface area contributed by atoms with Gasteiger partial charge in [0.05, 0.1) is 17.3 Å². The Balaban J connectivity index is 1.42. The van der Waals surface area contributed by atoms with Gasteiger partial charge in [-0.25, -0.2) is 9.78 Å². The minimum Gasteiger partial charge on any atom is -0.507 e. The third-order valence-electron chi connectivity index (χ3n) is 5.59. The van der Waals surface area contributed by atoms with Gasteiger partial charge in [-0.1, -0.05) is 35.1 Å². The van der Waals surface area contributed by atoms with E-state index in [1.54, 1.807) is 0 Å². The number of phenols is 1. The number of aromatic nitrogens is 1. The van der Waals surface area contributed by atoms with Crippen molar-refractivity contribution in [2.24, 2.45) is 0 Å². The van der Waals surface area contributed by atoms with Crippen LogP contribution in [0.3, 0.4) is 0 Å². The number of phenolic OH excluding ortho intramolecular Hbond substituents is 1. The first kappa shape index (κ1) is 21.8. The van der Waals surface area contributed by atoms with Crippen molar-refractivity contribution in [1.82, 2.24) is 4.98 Å². The second-order valence-corrected chi connectivity index (χ2v) is 8.74. The summed E-state index contributed by atoms with van der Waals surface area (Å²) in [7, 11) is 1.54. The van der Waals surface area contributed by atoms with E-state index in [9.17, 15) is 14.7 Å². The van der Waals surface area contributed by atoms with Crippen LogP contribution in [0, 0.1) is 6.92 Å². The highest BCUT2D eigenvalue weighted by Gasteiger charge is 2.31. The maximum absolute atomic E-state index is 12.3. The summed E-state index contributed by atoms with van der Waals surface area (Å²) in [5, 5.41) is 14.1. The van der Waals surface area contributed by atoms with Crippen molar-refractivity contribution in [2.45, 2.75) is 39.7 Å². The van der Waals surface area contributed by atoms with E-state index in [1.807, 2.05) is 44.2 Å². The lowest BCUT2D eigenvalue weighted by molar-refractivity contribution is -0.116. The van der Waals surface area contributed by atoms with E-state index >= 15 is 0 Å². The van der Waals surface area contributed by atoms with Crippen molar-refractivity contribution in [2.75, 3.05) is 12.4 Å². The molecule has 166 valence electrons. The molecule has 1 aromatic heterocycles. The van der Waals surface area contributed by atoms with Crippen molar-refractivity contribution < 1.29 is 24.2 Å². The van der Waals surface area contributed by atoms with Crippen LogP contribution in [0.4, 0.5) is 5.13 Å². The van der Waals surface area contributed by atoms with Crippen LogP contribution in [0.25, 0.3) is 10.2 Å². The van der Waals surface area contributed by atoms with Gasteiger partial charge < -0.3 is 19.9 Å². The molecule has 0 atom stereocenters. The number of nitrogens with zero attached hydrogens (tertiary/aromatic N) is 1. The highest BCUT2D eigenvalue weighted by molar-refractivity contribution is 7.22. The number of hydrogen-bond acceptors (Lipinski definition) is 7. The van der Waals surface area contributed by atoms with Gasteiger partial charge in [0.1, 0.15) is 23.7 Å². The zero-order chi connectivity index (χ0) is 22.8. The number of allylic oxidation sites excluding steroid dienone is 2. The quantitative estimate of drug-likeness (QED) is 0.391. The van der Waals surface area contributed by atoms with Crippen LogP contribution < -0.4 is 10.1 Å². The Kier molecular flexibility index (Phi) is 6.14. The van der Waals surface area contributed by atoms with E-state index < -0.39 is 5.97 Å². The minimum absolute atomic E-state index is 0.0948. The van der Waals surface area contributed by atoms with Crippen molar-refractivity contribution in [3.05, 3.63) is 58.2 Å². The summed E-state index contributed by atoms with van der Waals surface area (Å²) in [6.45, 7) is 3.93. The van der Waals surface area contributed by atoms with Crippen LogP contribution in [-0.2, 0) is 22.6 Å². The standard InChI is InChI=1S/C24H24N2O5S/c1-13(9-11-19(27)26-24-25-17-6-4-5-7-18(17)32-24)8-10-15-21(28)20-16(12-31-23(20)29)14(2)22(15)30-3/h4-8,28H,9-12H2,1-3H3,(H,25,26,27). The minimum atomic E-state index is -0.517. The Morgan fingerprint density at radius 3 is 2.88 bits per heavy atom. The van der Waals surface area contributed by atoms with Gasteiger partial charge in [-0.15, -0.1) is 0 Å². The Morgan fingerprint density at radius 1 is 1.34 bits per heavy atom. The summed E-state index contributed by atoms with van der Waals surface area (Å²) in [6.07, 6.45) is 3.19. The number of aromatic hydroxyl groups is 1. The van der Waals surface area contributed by atoms with Gasteiger partial charge in [0, 0.05) is 17.5 Å². The third kappa shape index (κ3) is 4.18. The summed E-state index contributed by atoms with van der Waals surface area (Å²) in [5.41, 5.74) is 4.08. The SMILES string of the molecule is COc1c(C)c2c(c(O)c1CC=C(C)CCC(=O)Nc1nc3ccccc3s1)C(=O)OC2. The molecule has 1 amide bonds. The lowest BCUT2D eigenvalue weighted by Crippen LogP contribution is -2.11. The zero-order valence-corrected chi connectivity index (χ0v) is 19.0. The molecule has 0 bridgehead atoms. The second-order valence-electron chi connectivity index (χ2n) is 7.70. The zero-order valence-electron chi connectivity index (χ0n) is 18.2. The molecule has 1 aliphatic rings. The van der Waals surface area contributed by atoms with Gasteiger partial charge in [-0.2, -0.15) is 0 Å². The summed E-state index contributed by atoms with van der Waals surface area (Å²) in [5.74, 6) is -0.162. The number of hydrogen-bond donors (Lipinski definition) is 2. The fourth-order valence-electron chi connectivity index (χ4n) is 3.82. The van der Waals surface area contributed by atoms with Crippen LogP contribution in [0.1, 0.15) is 46.8 Å². The Morgan fingerprint density at radius 2 is 2.12 bits per heavy atom. The summed E-state index contributed by atoms with van der Waals surface area (Å²) >= 11 is 1.45. The van der Waals surface area contributed by atoms with Crippen molar-refractivity contribution in [1.29, 1.82) is 0 Å². The summed E-state index contributed by atoms with van der Waals surface area (Å²) in [6, 6.07) is 7.75. The monoisotopic (exact) mass is 452 g/mol. The Hall–Kier alpha value is -3.39. The molecule has 0 radical (unpaired) electrons. The molecule has 0 spiro atoms. The normalized spacial score (nSPS) is 13.2. The molecular weight excluding hydrogens is 428 g/mol. The maximum Gasteiger partial charge on any atom is 0.342 e. The molecule has 2 heterocycles. The van der Waals surface area contributed by atoms with Crippen LogP contribution in [0.15, 0.2) is 35.9 Å². The molecule has 0 aliphatic carbocycles. The van der Waals surface area contributed by atoms with E-state index in [1.165, 1.54) is 18.4 Å². The molecule has 2 aromatic carbocycles. The lowest BCUT2D eigenvalue weighted by Gasteiger charge is -2.15. The van der Waals surface area contributed by atoms with E-state index in [4.69, 9.17) is 9.47 Å². The molecule has 0 saturated carbocycles. The molecular formula is C24H24N2O5S. The number of fused-ring (bicyclic) bond motifs is 2. The lowest BCUT2D eigenvalue weighted by atomic mass is 9.94. The molecule has 7 nitrogen and oxygen atoms in total. The van der Waals surface area contributed by atoms with Gasteiger partial charge in [-0.3, -0.25) is 4.79 Å². The molecule has 8 heteroatoms. The number of rotatable bonds is 7. The van der Waals surface area contributed by atoms with Crippen molar-refractivity contribution in [3.63, 3.8) is 0 Å². The van der Waals surface area contributed by atoms with E-state index in [2.05, 4.69) is 10.3 Å². The third-order valence-corrected chi connectivity index (χ3v) is 6.54. The number of anilines is 1. The maximum atomic E-state index is 12.3. The topological polar surface area (TPSA) is 97.8 Å². The van der Waals surface area contributed by atoms with Crippen molar-refractivity contribution in [3.8, 4) is 11.5 Å². The predicted molar refractivity (Wildman–Crippen MR) is 123 cm³/mol. The number of benzene rings is 2. The second kappa shape index (κ2) is 9.00. The summed E-state index contributed by atoms with van der Waals surface area (Å²) < 4.78 is 11.6. The van der Waals surface area contributed by atoms with Gasteiger partial charge in [0.2, 0.25) is 5.91 Å². The molecule has 0 fully saturated rings. The van der Waals surface area contributed by atoms with Gasteiger partial charge >= 0.3 is 5.97 Å². The largest absolute Gasteiger partial charge is 0.507 e. The first-order chi connectivity index (χ1) is 15.4. The van der Waals surface area contributed by atoms with Crippen LogP contribution >= 0.6 is 11.3 Å². The number of amides is 1. The highest BCUT2D eigenvalue weighted by atomic mass is 32.1. The van der Waals surface area contributed by atoms with Gasteiger partial charge in [-0.05, 0) is 44.4 Å². The number of cyclic esters (lactones) is 1. The van der Waals surface area contributed by atoms with E-state index in [0.717, 1.165) is 21.4 Å². The number of nitrogens with one attached hydrogen (secondary N) is 1. The Bertz CT molecular complexity index is 1210. The number of carbonyl (C=O) groups excluding carboxylic acids is 2. The first-order valence-electron chi connectivity index (χ1n) is 10.3. The average molecular weight is 453 g/mol. The summed E-state index contributed by atoms with van der Waals surface area (Å²) in [4.78, 5) is 28.8. The number of thiazole rings is 1. The Labute approximate surface area is 189 Å². The number of esters is 1. The fourth-order valence-corrected chi connectivity index (χ4v) is 4.71. The van der Waals surface area contributed by atoms with Crippen molar-refractivity contribution >= 4 is 38.6 Å². The van der Waals surface area contributed by atoms with Crippen LogP contribution in [0.5, 0.6) is 11.5 Å². The predicted octanol–water partition coefficient (Wildman–Crippen LogP) is 4.90. The number of carbonyl (C=O) groups is 2. The fraction of sp³-hybridized carbons (Fsp3) is 0.292. The van der Waals surface area contributed by atoms with Crippen LogP contribution in [0.2, 0.25) is 0 Å². The smallest absolute Gasteiger partial charge is 0.342 e. The van der Waals surface area contributed by atoms with E-state index in [-0.39, 0.29) is 23.8 Å². The molecule has 3 aromatic rings. The van der Waals surface area contributed by atoms with Crippen LogP contribution in [-0.4, -0.2) is 29.1 Å². The van der Waals surface area contributed by atoms with E-state index in [0.29, 0.717) is 41.3 Å². The molecule has 4 rings (SSSR count). The molecule has 0 unspecified atom stereocenters. The molecule has 1 aliphatic heterocycles. The molecule has 32 heavy (non-hydrogen) atoms. The van der Waals surface area contributed by atoms with Gasteiger partial charge in [0.25, 0.3) is 0 Å². The number of para-hydroxylation sites is 1. The first-order valence-corrected chi connectivity index (χ1v) is 11.1. The number of methoxy groups -OCH3 is 1. The average Bonchev–Trinajstić information content (AvgIpc) is 3.36. The molecule has 2 N–H and O–H groups in total. The molecule has 0 saturated heterocycles.